The molecule has 0 fully saturated rings. The molecule has 0 atom stereocenters. The summed E-state index contributed by atoms with van der Waals surface area (Å²) in [6, 6.07) is 7.93. The highest BCUT2D eigenvalue weighted by Gasteiger charge is 2.08. The molecule has 2 aromatic rings. The molecule has 96 valence electrons. The number of aliphatic carboxylic acids is 1. The lowest BCUT2D eigenvalue weighted by atomic mass is 10.1. The molecule has 0 unspecified atom stereocenters. The Balaban J connectivity index is 1.94. The summed E-state index contributed by atoms with van der Waals surface area (Å²) in [5.41, 5.74) is 2.04. The van der Waals surface area contributed by atoms with E-state index in [1.807, 2.05) is 31.3 Å². The van der Waals surface area contributed by atoms with E-state index in [4.69, 9.17) is 9.52 Å². The molecule has 0 spiro atoms. The minimum atomic E-state index is -0.739. The van der Waals surface area contributed by atoms with Crippen LogP contribution in [0.4, 0.5) is 0 Å². The van der Waals surface area contributed by atoms with Gasteiger partial charge in [0.15, 0.2) is 0 Å². The van der Waals surface area contributed by atoms with E-state index in [2.05, 4.69) is 4.90 Å². The minimum Gasteiger partial charge on any atom is -0.481 e. The van der Waals surface area contributed by atoms with E-state index in [1.54, 1.807) is 6.26 Å². The Labute approximate surface area is 106 Å². The number of para-hydroxylation sites is 1. The number of fused-ring (bicyclic) bond motifs is 1. The molecule has 1 heterocycles. The van der Waals surface area contributed by atoms with Gasteiger partial charge in [0.25, 0.3) is 0 Å². The fourth-order valence-electron chi connectivity index (χ4n) is 2.03. The van der Waals surface area contributed by atoms with E-state index < -0.39 is 5.97 Å². The molecular weight excluding hydrogens is 230 g/mol. The van der Waals surface area contributed by atoms with Crippen LogP contribution in [0.5, 0.6) is 0 Å². The maximum Gasteiger partial charge on any atom is 0.303 e. The van der Waals surface area contributed by atoms with E-state index in [0.717, 1.165) is 29.6 Å². The summed E-state index contributed by atoms with van der Waals surface area (Å²) in [6.45, 7) is 1.54. The summed E-state index contributed by atoms with van der Waals surface area (Å²) in [6.07, 6.45) is 2.66. The molecule has 0 amide bonds. The molecule has 0 aliphatic heterocycles. The molecule has 1 aromatic carbocycles. The molecular formula is C14H17NO3. The number of benzene rings is 1. The molecule has 4 heteroatoms. The van der Waals surface area contributed by atoms with Gasteiger partial charge in [-0.2, -0.15) is 0 Å². The standard InChI is InChI=1S/C14H17NO3/c1-15(8-4-7-14(16)17)9-11-10-18-13-6-3-2-5-12(11)13/h2-3,5-6,10H,4,7-9H2,1H3,(H,16,17). The molecule has 0 radical (unpaired) electrons. The lowest BCUT2D eigenvalue weighted by molar-refractivity contribution is -0.137. The van der Waals surface area contributed by atoms with Gasteiger partial charge in [-0.1, -0.05) is 18.2 Å². The van der Waals surface area contributed by atoms with Crippen molar-refractivity contribution >= 4 is 16.9 Å². The van der Waals surface area contributed by atoms with Crippen LogP contribution in [0.25, 0.3) is 11.0 Å². The van der Waals surface area contributed by atoms with Crippen molar-refractivity contribution in [2.45, 2.75) is 19.4 Å². The van der Waals surface area contributed by atoms with Gasteiger partial charge in [-0.3, -0.25) is 4.79 Å². The van der Waals surface area contributed by atoms with Gasteiger partial charge in [-0.15, -0.1) is 0 Å². The van der Waals surface area contributed by atoms with E-state index in [1.165, 1.54) is 0 Å². The predicted molar refractivity (Wildman–Crippen MR) is 69.4 cm³/mol. The first-order valence-electron chi connectivity index (χ1n) is 6.02. The molecule has 0 aliphatic rings. The van der Waals surface area contributed by atoms with Crippen LogP contribution in [0.3, 0.4) is 0 Å². The number of nitrogens with zero attached hydrogens (tertiary/aromatic N) is 1. The average Bonchev–Trinajstić information content (AvgIpc) is 2.72. The summed E-state index contributed by atoms with van der Waals surface area (Å²) in [7, 11) is 1.99. The van der Waals surface area contributed by atoms with Gasteiger partial charge in [0.05, 0.1) is 6.26 Å². The lowest BCUT2D eigenvalue weighted by Crippen LogP contribution is -2.19. The molecule has 0 bridgehead atoms. The summed E-state index contributed by atoms with van der Waals surface area (Å²) >= 11 is 0. The normalized spacial score (nSPS) is 11.2. The predicted octanol–water partition coefficient (Wildman–Crippen LogP) is 2.73. The molecule has 2 rings (SSSR count). The van der Waals surface area contributed by atoms with Crippen molar-refractivity contribution in [2.75, 3.05) is 13.6 Å². The molecule has 1 N–H and O–H groups in total. The van der Waals surface area contributed by atoms with Crippen LogP contribution in [0.15, 0.2) is 34.9 Å². The number of hydrogen-bond acceptors (Lipinski definition) is 3. The van der Waals surface area contributed by atoms with Crippen LogP contribution in [0, 0.1) is 0 Å². The molecule has 0 saturated heterocycles. The molecule has 4 nitrogen and oxygen atoms in total. The highest BCUT2D eigenvalue weighted by Crippen LogP contribution is 2.21. The zero-order valence-corrected chi connectivity index (χ0v) is 10.4. The summed E-state index contributed by atoms with van der Waals surface area (Å²) in [5.74, 6) is -0.739. The quantitative estimate of drug-likeness (QED) is 0.852. The monoisotopic (exact) mass is 247 g/mol. The Kier molecular flexibility index (Phi) is 3.99. The Hall–Kier alpha value is -1.81. The Bertz CT molecular complexity index is 533. The number of carboxylic acid groups (broad SMARTS) is 1. The topological polar surface area (TPSA) is 53.7 Å². The van der Waals surface area contributed by atoms with Crippen LogP contribution in [-0.4, -0.2) is 29.6 Å². The van der Waals surface area contributed by atoms with E-state index >= 15 is 0 Å². The van der Waals surface area contributed by atoms with E-state index in [-0.39, 0.29) is 6.42 Å². The van der Waals surface area contributed by atoms with Crippen LogP contribution >= 0.6 is 0 Å². The van der Waals surface area contributed by atoms with E-state index in [9.17, 15) is 4.79 Å². The van der Waals surface area contributed by atoms with Crippen molar-refractivity contribution in [2.24, 2.45) is 0 Å². The van der Waals surface area contributed by atoms with Crippen molar-refractivity contribution in [1.29, 1.82) is 0 Å². The van der Waals surface area contributed by atoms with Gasteiger partial charge >= 0.3 is 5.97 Å². The number of rotatable bonds is 6. The molecule has 1 aromatic heterocycles. The molecule has 0 aliphatic carbocycles. The fourth-order valence-corrected chi connectivity index (χ4v) is 2.03. The van der Waals surface area contributed by atoms with Crippen LogP contribution in [0.1, 0.15) is 18.4 Å². The zero-order chi connectivity index (χ0) is 13.0. The fraction of sp³-hybridized carbons (Fsp3) is 0.357. The first kappa shape index (κ1) is 12.6. The first-order chi connectivity index (χ1) is 8.66. The van der Waals surface area contributed by atoms with Crippen LogP contribution in [-0.2, 0) is 11.3 Å². The zero-order valence-electron chi connectivity index (χ0n) is 10.4. The summed E-state index contributed by atoms with van der Waals surface area (Å²) in [5, 5.41) is 9.72. The van der Waals surface area contributed by atoms with Crippen LogP contribution < -0.4 is 0 Å². The maximum atomic E-state index is 10.4. The third-order valence-electron chi connectivity index (χ3n) is 2.93. The van der Waals surface area contributed by atoms with Crippen molar-refractivity contribution in [3.05, 3.63) is 36.1 Å². The Morgan fingerprint density at radius 3 is 2.94 bits per heavy atom. The molecule has 0 saturated carbocycles. The average molecular weight is 247 g/mol. The van der Waals surface area contributed by atoms with Gasteiger partial charge in [-0.05, 0) is 26.1 Å². The Morgan fingerprint density at radius 2 is 2.17 bits per heavy atom. The van der Waals surface area contributed by atoms with Gasteiger partial charge in [0, 0.05) is 23.9 Å². The van der Waals surface area contributed by atoms with Crippen LogP contribution in [0.2, 0.25) is 0 Å². The number of hydrogen-bond donors (Lipinski definition) is 1. The third kappa shape index (κ3) is 3.11. The second-order valence-electron chi connectivity index (χ2n) is 4.49. The Morgan fingerprint density at radius 1 is 1.39 bits per heavy atom. The highest BCUT2D eigenvalue weighted by molar-refractivity contribution is 5.80. The number of carboxylic acids is 1. The van der Waals surface area contributed by atoms with E-state index in [0.29, 0.717) is 6.42 Å². The smallest absolute Gasteiger partial charge is 0.303 e. The van der Waals surface area contributed by atoms with Gasteiger partial charge < -0.3 is 14.4 Å². The van der Waals surface area contributed by atoms with Gasteiger partial charge in [0.1, 0.15) is 5.58 Å². The highest BCUT2D eigenvalue weighted by atomic mass is 16.4. The second kappa shape index (κ2) is 5.69. The minimum absolute atomic E-state index is 0.219. The largest absolute Gasteiger partial charge is 0.481 e. The lowest BCUT2D eigenvalue weighted by Gasteiger charge is -2.14. The third-order valence-corrected chi connectivity index (χ3v) is 2.93. The number of carbonyl (C=O) groups is 1. The second-order valence-corrected chi connectivity index (χ2v) is 4.49. The van der Waals surface area contributed by atoms with Crippen molar-refractivity contribution in [3.63, 3.8) is 0 Å². The van der Waals surface area contributed by atoms with Crippen molar-refractivity contribution < 1.29 is 14.3 Å². The van der Waals surface area contributed by atoms with Gasteiger partial charge in [-0.25, -0.2) is 0 Å². The number of furan rings is 1. The van der Waals surface area contributed by atoms with Crippen molar-refractivity contribution in [1.82, 2.24) is 4.90 Å². The maximum absolute atomic E-state index is 10.4. The molecule has 18 heavy (non-hydrogen) atoms. The first-order valence-corrected chi connectivity index (χ1v) is 6.02. The van der Waals surface area contributed by atoms with Crippen molar-refractivity contribution in [3.8, 4) is 0 Å². The summed E-state index contributed by atoms with van der Waals surface area (Å²) in [4.78, 5) is 12.6. The van der Waals surface area contributed by atoms with Gasteiger partial charge in [0.2, 0.25) is 0 Å². The summed E-state index contributed by atoms with van der Waals surface area (Å²) < 4.78 is 5.47. The SMILES string of the molecule is CN(CCCC(=O)O)Cc1coc2ccccc12.